The largest absolute Gasteiger partial charge is 0.325 e. The molecule has 102 valence electrons. The number of carbonyl (C=O) groups excluding carboxylic acids is 1. The van der Waals surface area contributed by atoms with Gasteiger partial charge < -0.3 is 21.0 Å². The second-order valence-corrected chi connectivity index (χ2v) is 4.17. The van der Waals surface area contributed by atoms with Crippen LogP contribution in [0.5, 0.6) is 0 Å². The van der Waals surface area contributed by atoms with Crippen LogP contribution in [0.2, 0.25) is 0 Å². The predicted molar refractivity (Wildman–Crippen MR) is 75.2 cm³/mol. The SMILES string of the molecule is C#CCC(N)C(=O)Nc1ccc2[nH]c(=O)c(=O)[nH]c2c1. The van der Waals surface area contributed by atoms with Crippen molar-refractivity contribution in [1.29, 1.82) is 0 Å². The van der Waals surface area contributed by atoms with Gasteiger partial charge in [0.05, 0.1) is 17.1 Å². The van der Waals surface area contributed by atoms with Gasteiger partial charge in [-0.2, -0.15) is 0 Å². The van der Waals surface area contributed by atoms with E-state index < -0.39 is 23.1 Å². The molecule has 0 radical (unpaired) electrons. The summed E-state index contributed by atoms with van der Waals surface area (Å²) >= 11 is 0. The molecule has 1 aromatic heterocycles. The van der Waals surface area contributed by atoms with Gasteiger partial charge in [-0.05, 0) is 18.2 Å². The van der Waals surface area contributed by atoms with Crippen molar-refractivity contribution >= 4 is 22.6 Å². The van der Waals surface area contributed by atoms with Crippen LogP contribution in [0.25, 0.3) is 11.0 Å². The predicted octanol–water partition coefficient (Wildman–Crippen LogP) is -0.495. The molecular weight excluding hydrogens is 260 g/mol. The second-order valence-electron chi connectivity index (χ2n) is 4.17. The van der Waals surface area contributed by atoms with Gasteiger partial charge in [-0.15, -0.1) is 12.3 Å². The van der Waals surface area contributed by atoms with Gasteiger partial charge in [0.25, 0.3) is 0 Å². The van der Waals surface area contributed by atoms with Gasteiger partial charge in [0.2, 0.25) is 5.91 Å². The summed E-state index contributed by atoms with van der Waals surface area (Å²) < 4.78 is 0. The first-order valence-electron chi connectivity index (χ1n) is 5.77. The number of terminal acetylenes is 1. The van der Waals surface area contributed by atoms with Crippen LogP contribution < -0.4 is 22.2 Å². The number of fused-ring (bicyclic) bond motifs is 1. The molecule has 1 unspecified atom stereocenters. The van der Waals surface area contributed by atoms with Crippen LogP contribution in [0.4, 0.5) is 5.69 Å². The van der Waals surface area contributed by atoms with Crippen molar-refractivity contribution in [1.82, 2.24) is 9.97 Å². The molecule has 2 aromatic rings. The van der Waals surface area contributed by atoms with E-state index in [1.54, 1.807) is 12.1 Å². The minimum atomic E-state index is -0.801. The summed E-state index contributed by atoms with van der Waals surface area (Å²) in [6, 6.07) is 3.87. The van der Waals surface area contributed by atoms with Crippen molar-refractivity contribution < 1.29 is 4.79 Å². The van der Waals surface area contributed by atoms with Crippen LogP contribution in [-0.4, -0.2) is 21.9 Å². The number of rotatable bonds is 3. The van der Waals surface area contributed by atoms with Crippen LogP contribution in [-0.2, 0) is 4.79 Å². The van der Waals surface area contributed by atoms with Gasteiger partial charge >= 0.3 is 11.1 Å². The van der Waals surface area contributed by atoms with Gasteiger partial charge in [0, 0.05) is 12.1 Å². The maximum absolute atomic E-state index is 11.7. The van der Waals surface area contributed by atoms with E-state index >= 15 is 0 Å². The van der Waals surface area contributed by atoms with Crippen LogP contribution in [0.3, 0.4) is 0 Å². The summed E-state index contributed by atoms with van der Waals surface area (Å²) in [4.78, 5) is 38.9. The van der Waals surface area contributed by atoms with E-state index in [-0.39, 0.29) is 6.42 Å². The average molecular weight is 272 g/mol. The lowest BCUT2D eigenvalue weighted by Gasteiger charge is -2.10. The number of hydrogen-bond acceptors (Lipinski definition) is 4. The number of carbonyl (C=O) groups is 1. The zero-order valence-corrected chi connectivity index (χ0v) is 10.4. The first kappa shape index (κ1) is 13.6. The minimum absolute atomic E-state index is 0.129. The van der Waals surface area contributed by atoms with E-state index in [0.29, 0.717) is 16.7 Å². The zero-order valence-electron chi connectivity index (χ0n) is 10.4. The third-order valence-corrected chi connectivity index (χ3v) is 2.66. The molecule has 1 atom stereocenters. The monoisotopic (exact) mass is 272 g/mol. The van der Waals surface area contributed by atoms with Crippen LogP contribution in [0.1, 0.15) is 6.42 Å². The quantitative estimate of drug-likeness (QED) is 0.445. The fraction of sp³-hybridized carbons (Fsp3) is 0.154. The second kappa shape index (κ2) is 5.42. The summed E-state index contributed by atoms with van der Waals surface area (Å²) in [5.74, 6) is 1.88. The van der Waals surface area contributed by atoms with Gasteiger partial charge in [-0.25, -0.2) is 0 Å². The highest BCUT2D eigenvalue weighted by atomic mass is 16.2. The van der Waals surface area contributed by atoms with Crippen LogP contribution in [0, 0.1) is 12.3 Å². The Morgan fingerprint density at radius 3 is 2.60 bits per heavy atom. The third-order valence-electron chi connectivity index (χ3n) is 2.66. The highest BCUT2D eigenvalue weighted by molar-refractivity contribution is 5.96. The summed E-state index contributed by atoms with van der Waals surface area (Å²) in [7, 11) is 0. The third kappa shape index (κ3) is 2.76. The topological polar surface area (TPSA) is 121 Å². The molecule has 5 N–H and O–H groups in total. The lowest BCUT2D eigenvalue weighted by atomic mass is 10.2. The van der Waals surface area contributed by atoms with E-state index in [1.807, 2.05) is 0 Å². The number of benzene rings is 1. The Morgan fingerprint density at radius 1 is 1.30 bits per heavy atom. The van der Waals surface area contributed by atoms with E-state index in [1.165, 1.54) is 6.07 Å². The minimum Gasteiger partial charge on any atom is -0.325 e. The van der Waals surface area contributed by atoms with E-state index in [2.05, 4.69) is 21.2 Å². The van der Waals surface area contributed by atoms with E-state index in [4.69, 9.17) is 12.2 Å². The normalized spacial score (nSPS) is 11.8. The molecule has 20 heavy (non-hydrogen) atoms. The maximum Gasteiger partial charge on any atom is 0.314 e. The highest BCUT2D eigenvalue weighted by Crippen LogP contribution is 2.14. The molecule has 0 aliphatic carbocycles. The molecule has 2 rings (SSSR count). The number of anilines is 1. The number of aromatic nitrogens is 2. The number of hydrogen-bond donors (Lipinski definition) is 4. The molecule has 7 heteroatoms. The lowest BCUT2D eigenvalue weighted by Crippen LogP contribution is -2.35. The molecular formula is C13H12N4O3. The summed E-state index contributed by atoms with van der Waals surface area (Å²) in [5.41, 5.74) is 5.38. The number of amides is 1. The Hall–Kier alpha value is -2.85. The van der Waals surface area contributed by atoms with Gasteiger partial charge in [-0.3, -0.25) is 14.4 Å². The molecule has 0 bridgehead atoms. The van der Waals surface area contributed by atoms with Crippen molar-refractivity contribution in [3.63, 3.8) is 0 Å². The molecule has 1 aromatic carbocycles. The molecule has 1 amide bonds. The molecule has 0 aliphatic rings. The van der Waals surface area contributed by atoms with E-state index in [9.17, 15) is 14.4 Å². The number of nitrogens with two attached hydrogens (primary N) is 1. The molecule has 0 saturated carbocycles. The fourth-order valence-corrected chi connectivity index (χ4v) is 1.65. The number of nitrogens with one attached hydrogen (secondary N) is 3. The van der Waals surface area contributed by atoms with Gasteiger partial charge in [-0.1, -0.05) is 0 Å². The average Bonchev–Trinajstić information content (AvgIpc) is 2.40. The Morgan fingerprint density at radius 2 is 1.95 bits per heavy atom. The Bertz CT molecular complexity index is 813. The summed E-state index contributed by atoms with van der Waals surface area (Å²) in [6.45, 7) is 0. The fourth-order valence-electron chi connectivity index (χ4n) is 1.65. The molecule has 7 nitrogen and oxygen atoms in total. The van der Waals surface area contributed by atoms with Gasteiger partial charge in [0.1, 0.15) is 0 Å². The number of aromatic amines is 2. The highest BCUT2D eigenvalue weighted by Gasteiger charge is 2.12. The van der Waals surface area contributed by atoms with Crippen molar-refractivity contribution in [2.24, 2.45) is 5.73 Å². The van der Waals surface area contributed by atoms with Crippen molar-refractivity contribution in [3.05, 3.63) is 38.9 Å². The maximum atomic E-state index is 11.7. The Labute approximate surface area is 113 Å². The molecule has 0 spiro atoms. The zero-order chi connectivity index (χ0) is 14.7. The summed E-state index contributed by atoms with van der Waals surface area (Å²) in [5, 5.41) is 2.58. The standard InChI is InChI=1S/C13H12N4O3/c1-2-3-8(14)11(18)15-7-4-5-9-10(6-7)17-13(20)12(19)16-9/h1,4-6,8H,3,14H2,(H,15,18)(H,16,19)(H,17,20). The van der Waals surface area contributed by atoms with Crippen LogP contribution in [0.15, 0.2) is 27.8 Å². The van der Waals surface area contributed by atoms with Gasteiger partial charge in [0.15, 0.2) is 0 Å². The van der Waals surface area contributed by atoms with Crippen molar-refractivity contribution in [2.45, 2.75) is 12.5 Å². The number of H-pyrrole nitrogens is 2. The lowest BCUT2D eigenvalue weighted by molar-refractivity contribution is -0.117. The summed E-state index contributed by atoms with van der Waals surface area (Å²) in [6.07, 6.45) is 5.21. The molecule has 0 aliphatic heterocycles. The first-order valence-corrected chi connectivity index (χ1v) is 5.77. The first-order chi connectivity index (χ1) is 9.51. The molecule has 0 saturated heterocycles. The molecule has 1 heterocycles. The smallest absolute Gasteiger partial charge is 0.314 e. The van der Waals surface area contributed by atoms with E-state index in [0.717, 1.165) is 0 Å². The van der Waals surface area contributed by atoms with Crippen molar-refractivity contribution in [2.75, 3.05) is 5.32 Å². The van der Waals surface area contributed by atoms with Crippen LogP contribution >= 0.6 is 0 Å². The Kier molecular flexibility index (Phi) is 3.68. The Balaban J connectivity index is 2.31. The molecule has 0 fully saturated rings. The van der Waals surface area contributed by atoms with Crippen molar-refractivity contribution in [3.8, 4) is 12.3 Å².